The van der Waals surface area contributed by atoms with Crippen LogP contribution < -0.4 is 10.1 Å². The molecule has 1 atom stereocenters. The van der Waals surface area contributed by atoms with Crippen molar-refractivity contribution in [3.05, 3.63) is 57.8 Å². The fourth-order valence-corrected chi connectivity index (χ4v) is 2.41. The van der Waals surface area contributed by atoms with Crippen molar-refractivity contribution in [2.75, 3.05) is 0 Å². The number of hydrogen-bond acceptors (Lipinski definition) is 3. The zero-order chi connectivity index (χ0) is 15.2. The maximum Gasteiger partial charge on any atom is 0.261 e. The van der Waals surface area contributed by atoms with Crippen molar-refractivity contribution in [1.29, 1.82) is 0 Å². The molecule has 4 nitrogen and oxygen atoms in total. The van der Waals surface area contributed by atoms with Crippen molar-refractivity contribution >= 4 is 33.4 Å². The number of aromatic nitrogens is 1. The lowest BCUT2D eigenvalue weighted by atomic mass is 10.3. The van der Waals surface area contributed by atoms with E-state index in [1.54, 1.807) is 31.3 Å². The van der Waals surface area contributed by atoms with Crippen LogP contribution in [-0.4, -0.2) is 17.0 Å². The quantitative estimate of drug-likeness (QED) is 0.876. The van der Waals surface area contributed by atoms with Crippen LogP contribution in [0.4, 0.5) is 0 Å². The Morgan fingerprint density at radius 1 is 1.43 bits per heavy atom. The molecule has 2 aromatic rings. The van der Waals surface area contributed by atoms with Gasteiger partial charge in [0.2, 0.25) is 0 Å². The SMILES string of the molecule is C[C@H](Oc1ccc(Cl)cc1Br)C(=O)NCc1ccccn1. The molecule has 0 spiro atoms. The number of amides is 1. The van der Waals surface area contributed by atoms with Crippen molar-refractivity contribution in [2.45, 2.75) is 19.6 Å². The summed E-state index contributed by atoms with van der Waals surface area (Å²) in [5, 5.41) is 3.38. The molecule has 1 aromatic heterocycles. The Labute approximate surface area is 136 Å². The van der Waals surface area contributed by atoms with Crippen LogP contribution in [0.5, 0.6) is 5.75 Å². The Bertz CT molecular complexity index is 622. The van der Waals surface area contributed by atoms with Gasteiger partial charge in [0.25, 0.3) is 5.91 Å². The van der Waals surface area contributed by atoms with E-state index < -0.39 is 6.10 Å². The number of hydrogen-bond donors (Lipinski definition) is 1. The smallest absolute Gasteiger partial charge is 0.261 e. The minimum atomic E-state index is -0.619. The molecule has 0 aliphatic carbocycles. The van der Waals surface area contributed by atoms with E-state index >= 15 is 0 Å². The summed E-state index contributed by atoms with van der Waals surface area (Å²) < 4.78 is 6.32. The standard InChI is InChI=1S/C15H14BrClN2O2/c1-10(21-14-6-5-11(17)8-13(14)16)15(20)19-9-12-4-2-3-7-18-12/h2-8,10H,9H2,1H3,(H,19,20)/t10-/m0/s1. The lowest BCUT2D eigenvalue weighted by Gasteiger charge is -2.15. The molecular weight excluding hydrogens is 356 g/mol. The summed E-state index contributed by atoms with van der Waals surface area (Å²) in [6.07, 6.45) is 1.07. The number of carbonyl (C=O) groups is 1. The third kappa shape index (κ3) is 4.72. The van der Waals surface area contributed by atoms with Gasteiger partial charge in [-0.15, -0.1) is 0 Å². The Morgan fingerprint density at radius 3 is 2.90 bits per heavy atom. The number of nitrogens with zero attached hydrogens (tertiary/aromatic N) is 1. The number of carbonyl (C=O) groups excluding carboxylic acids is 1. The van der Waals surface area contributed by atoms with E-state index in [2.05, 4.69) is 26.2 Å². The normalized spacial score (nSPS) is 11.8. The Hall–Kier alpha value is -1.59. The molecule has 0 aliphatic heterocycles. The second kappa shape index (κ2) is 7.43. The minimum absolute atomic E-state index is 0.206. The molecule has 0 bridgehead atoms. The number of rotatable bonds is 5. The molecule has 1 heterocycles. The predicted octanol–water partition coefficient (Wildman–Crippen LogP) is 3.58. The van der Waals surface area contributed by atoms with E-state index in [0.717, 1.165) is 5.69 Å². The molecule has 1 amide bonds. The van der Waals surface area contributed by atoms with E-state index in [-0.39, 0.29) is 5.91 Å². The monoisotopic (exact) mass is 368 g/mol. The fourth-order valence-electron chi connectivity index (χ4n) is 1.64. The van der Waals surface area contributed by atoms with Crippen LogP contribution in [0.15, 0.2) is 47.1 Å². The summed E-state index contributed by atoms with van der Waals surface area (Å²) in [7, 11) is 0. The van der Waals surface area contributed by atoms with Gasteiger partial charge in [-0.3, -0.25) is 9.78 Å². The Kier molecular flexibility index (Phi) is 5.59. The largest absolute Gasteiger partial charge is 0.480 e. The summed E-state index contributed by atoms with van der Waals surface area (Å²) in [5.74, 6) is 0.363. The van der Waals surface area contributed by atoms with Crippen LogP contribution in [0.1, 0.15) is 12.6 Å². The summed E-state index contributed by atoms with van der Waals surface area (Å²) in [6.45, 7) is 2.06. The molecule has 0 fully saturated rings. The van der Waals surface area contributed by atoms with Crippen LogP contribution in [0.2, 0.25) is 5.02 Å². The van der Waals surface area contributed by atoms with Crippen LogP contribution in [0.25, 0.3) is 0 Å². The first-order chi connectivity index (χ1) is 10.1. The first kappa shape index (κ1) is 15.8. The van der Waals surface area contributed by atoms with Crippen LogP contribution >= 0.6 is 27.5 Å². The van der Waals surface area contributed by atoms with Gasteiger partial charge in [0, 0.05) is 11.2 Å². The minimum Gasteiger partial charge on any atom is -0.480 e. The molecule has 110 valence electrons. The second-order valence-electron chi connectivity index (χ2n) is 4.37. The highest BCUT2D eigenvalue weighted by Gasteiger charge is 2.15. The lowest BCUT2D eigenvalue weighted by Crippen LogP contribution is -2.36. The van der Waals surface area contributed by atoms with Gasteiger partial charge in [-0.1, -0.05) is 17.7 Å². The van der Waals surface area contributed by atoms with E-state index in [9.17, 15) is 4.79 Å². The van der Waals surface area contributed by atoms with E-state index in [1.807, 2.05) is 18.2 Å². The fraction of sp³-hybridized carbons (Fsp3) is 0.200. The van der Waals surface area contributed by atoms with Gasteiger partial charge < -0.3 is 10.1 Å². The van der Waals surface area contributed by atoms with Gasteiger partial charge in [-0.25, -0.2) is 0 Å². The Balaban J connectivity index is 1.90. The van der Waals surface area contributed by atoms with Gasteiger partial charge in [0.05, 0.1) is 16.7 Å². The van der Waals surface area contributed by atoms with Gasteiger partial charge in [0.1, 0.15) is 5.75 Å². The second-order valence-corrected chi connectivity index (χ2v) is 5.66. The summed E-state index contributed by atoms with van der Waals surface area (Å²) in [6, 6.07) is 10.7. The first-order valence-electron chi connectivity index (χ1n) is 6.35. The van der Waals surface area contributed by atoms with Crippen LogP contribution in [-0.2, 0) is 11.3 Å². The highest BCUT2D eigenvalue weighted by Crippen LogP contribution is 2.28. The molecule has 0 aliphatic rings. The van der Waals surface area contributed by atoms with E-state index in [0.29, 0.717) is 21.8 Å². The van der Waals surface area contributed by atoms with Crippen molar-refractivity contribution < 1.29 is 9.53 Å². The molecule has 21 heavy (non-hydrogen) atoms. The van der Waals surface area contributed by atoms with Crippen molar-refractivity contribution in [3.8, 4) is 5.75 Å². The first-order valence-corrected chi connectivity index (χ1v) is 7.52. The Morgan fingerprint density at radius 2 is 2.24 bits per heavy atom. The maximum absolute atomic E-state index is 12.0. The molecule has 0 radical (unpaired) electrons. The van der Waals surface area contributed by atoms with Crippen LogP contribution in [0, 0.1) is 0 Å². The maximum atomic E-state index is 12.0. The van der Waals surface area contributed by atoms with Gasteiger partial charge in [-0.2, -0.15) is 0 Å². The highest BCUT2D eigenvalue weighted by atomic mass is 79.9. The average molecular weight is 370 g/mol. The highest BCUT2D eigenvalue weighted by molar-refractivity contribution is 9.10. The van der Waals surface area contributed by atoms with Crippen molar-refractivity contribution in [2.24, 2.45) is 0 Å². The molecule has 1 aromatic carbocycles. The number of halogens is 2. The molecule has 2 rings (SSSR count). The van der Waals surface area contributed by atoms with Crippen molar-refractivity contribution in [3.63, 3.8) is 0 Å². The third-order valence-corrected chi connectivity index (χ3v) is 3.59. The summed E-state index contributed by atoms with van der Waals surface area (Å²) in [4.78, 5) is 16.1. The van der Waals surface area contributed by atoms with Crippen molar-refractivity contribution in [1.82, 2.24) is 10.3 Å². The third-order valence-electron chi connectivity index (χ3n) is 2.74. The summed E-state index contributed by atoms with van der Waals surface area (Å²) >= 11 is 9.21. The van der Waals surface area contributed by atoms with Gasteiger partial charge >= 0.3 is 0 Å². The molecule has 0 saturated carbocycles. The molecule has 1 N–H and O–H groups in total. The van der Waals surface area contributed by atoms with E-state index in [1.165, 1.54) is 0 Å². The number of pyridine rings is 1. The topological polar surface area (TPSA) is 51.2 Å². The lowest BCUT2D eigenvalue weighted by molar-refractivity contribution is -0.127. The zero-order valence-corrected chi connectivity index (χ0v) is 13.7. The predicted molar refractivity (Wildman–Crippen MR) is 85.3 cm³/mol. The summed E-state index contributed by atoms with van der Waals surface area (Å²) in [5.41, 5.74) is 0.797. The van der Waals surface area contributed by atoms with E-state index in [4.69, 9.17) is 16.3 Å². The average Bonchev–Trinajstić information content (AvgIpc) is 2.48. The number of ether oxygens (including phenoxy) is 1. The molecule has 6 heteroatoms. The number of benzene rings is 1. The molecular formula is C15H14BrClN2O2. The zero-order valence-electron chi connectivity index (χ0n) is 11.3. The number of nitrogens with one attached hydrogen (secondary N) is 1. The molecule has 0 saturated heterocycles. The van der Waals surface area contributed by atoms with Gasteiger partial charge in [0.15, 0.2) is 6.10 Å². The molecule has 0 unspecified atom stereocenters. The van der Waals surface area contributed by atoms with Gasteiger partial charge in [-0.05, 0) is 53.2 Å². The van der Waals surface area contributed by atoms with Crippen LogP contribution in [0.3, 0.4) is 0 Å².